The van der Waals surface area contributed by atoms with E-state index in [1.165, 1.54) is 43.5 Å². The summed E-state index contributed by atoms with van der Waals surface area (Å²) in [4.78, 5) is 12.0. The van der Waals surface area contributed by atoms with Gasteiger partial charge >= 0.3 is 12.6 Å². The molecule has 0 saturated carbocycles. The van der Waals surface area contributed by atoms with E-state index in [4.69, 9.17) is 18.9 Å². The number of benzene rings is 2. The molecule has 2 aromatic rings. The molecule has 6 nitrogen and oxygen atoms in total. The van der Waals surface area contributed by atoms with E-state index < -0.39 is 18.4 Å². The van der Waals surface area contributed by atoms with Crippen molar-refractivity contribution in [2.75, 3.05) is 13.9 Å². The highest BCUT2D eigenvalue weighted by Crippen LogP contribution is 2.31. The predicted molar refractivity (Wildman–Crippen MR) is 95.1 cm³/mol. The summed E-state index contributed by atoms with van der Waals surface area (Å²) < 4.78 is 63.3. The number of carbonyl (C=O) groups is 1. The van der Waals surface area contributed by atoms with Crippen molar-refractivity contribution >= 4 is 12.0 Å². The first-order valence-corrected chi connectivity index (χ1v) is 8.46. The number of carbonyl (C=O) groups excluding carboxylic acids is 1. The molecule has 0 fully saturated rings. The summed E-state index contributed by atoms with van der Waals surface area (Å²) in [6.45, 7) is -2.93. The second-order valence-corrected chi connectivity index (χ2v) is 5.89. The molecule has 3 rings (SSSR count). The van der Waals surface area contributed by atoms with Crippen LogP contribution in [0, 0.1) is 5.82 Å². The Morgan fingerprint density at radius 2 is 2.07 bits per heavy atom. The fourth-order valence-corrected chi connectivity index (χ4v) is 2.71. The average Bonchev–Trinajstić information content (AvgIpc) is 2.70. The maximum Gasteiger partial charge on any atom is 0.387 e. The largest absolute Gasteiger partial charge is 0.493 e. The standard InChI is InChI=1S/C20H17F3O6/c1-25-17-6-12(2-4-16(17)29-20(22)23)3-5-18(24)27-10-14-8-15(21)7-13-9-26-11-28-19(13)14/h2-8,20H,9-11H2,1H3/b5-3+. The van der Waals surface area contributed by atoms with Gasteiger partial charge in [-0.15, -0.1) is 0 Å². The van der Waals surface area contributed by atoms with Crippen LogP contribution in [0.3, 0.4) is 0 Å². The first-order valence-electron chi connectivity index (χ1n) is 8.46. The molecular weight excluding hydrogens is 393 g/mol. The van der Waals surface area contributed by atoms with Gasteiger partial charge < -0.3 is 23.7 Å². The fourth-order valence-electron chi connectivity index (χ4n) is 2.71. The van der Waals surface area contributed by atoms with Gasteiger partial charge in [-0.1, -0.05) is 6.07 Å². The molecule has 0 unspecified atom stereocenters. The minimum atomic E-state index is -2.98. The maximum atomic E-state index is 13.7. The Kier molecular flexibility index (Phi) is 6.61. The van der Waals surface area contributed by atoms with Crippen molar-refractivity contribution in [3.8, 4) is 17.2 Å². The Labute approximate surface area is 164 Å². The highest BCUT2D eigenvalue weighted by atomic mass is 19.3. The lowest BCUT2D eigenvalue weighted by molar-refractivity contribution is -0.139. The smallest absolute Gasteiger partial charge is 0.387 e. The van der Waals surface area contributed by atoms with Crippen LogP contribution in [0.15, 0.2) is 36.4 Å². The highest BCUT2D eigenvalue weighted by Gasteiger charge is 2.18. The van der Waals surface area contributed by atoms with Crippen molar-refractivity contribution in [3.05, 3.63) is 58.9 Å². The van der Waals surface area contributed by atoms with Gasteiger partial charge in [0.05, 0.1) is 13.7 Å². The fraction of sp³-hybridized carbons (Fsp3) is 0.250. The van der Waals surface area contributed by atoms with Crippen molar-refractivity contribution in [1.29, 1.82) is 0 Å². The van der Waals surface area contributed by atoms with Gasteiger partial charge in [0.2, 0.25) is 0 Å². The average molecular weight is 410 g/mol. The first kappa shape index (κ1) is 20.5. The van der Waals surface area contributed by atoms with Crippen molar-refractivity contribution < 1.29 is 41.7 Å². The number of hydrogen-bond acceptors (Lipinski definition) is 6. The molecule has 9 heteroatoms. The Bertz CT molecular complexity index is 913. The summed E-state index contributed by atoms with van der Waals surface area (Å²) in [5, 5.41) is 0. The van der Waals surface area contributed by atoms with Crippen LogP contribution in [-0.4, -0.2) is 26.5 Å². The molecule has 2 aromatic carbocycles. The Hall–Kier alpha value is -3.20. The van der Waals surface area contributed by atoms with Crippen LogP contribution in [0.25, 0.3) is 6.08 Å². The van der Waals surface area contributed by atoms with Crippen molar-refractivity contribution in [2.45, 2.75) is 19.8 Å². The quantitative estimate of drug-likeness (QED) is 0.507. The summed E-state index contributed by atoms with van der Waals surface area (Å²) >= 11 is 0. The molecule has 1 aliphatic heterocycles. The summed E-state index contributed by atoms with van der Waals surface area (Å²) in [6.07, 6.45) is 2.57. The van der Waals surface area contributed by atoms with Gasteiger partial charge in [-0.05, 0) is 35.9 Å². The van der Waals surface area contributed by atoms with Crippen LogP contribution >= 0.6 is 0 Å². The second-order valence-electron chi connectivity index (χ2n) is 5.89. The second kappa shape index (κ2) is 9.33. The van der Waals surface area contributed by atoms with Gasteiger partial charge in [0, 0.05) is 17.2 Å². The molecule has 0 bridgehead atoms. The summed E-state index contributed by atoms with van der Waals surface area (Å²) in [7, 11) is 1.31. The SMILES string of the molecule is COc1cc(/C=C/C(=O)OCc2cc(F)cc3c2OCOC3)ccc1OC(F)F. The van der Waals surface area contributed by atoms with E-state index >= 15 is 0 Å². The number of rotatable bonds is 7. The summed E-state index contributed by atoms with van der Waals surface area (Å²) in [6, 6.07) is 6.73. The van der Waals surface area contributed by atoms with Gasteiger partial charge in [-0.3, -0.25) is 0 Å². The van der Waals surface area contributed by atoms with Crippen LogP contribution in [0.1, 0.15) is 16.7 Å². The van der Waals surface area contributed by atoms with Crippen LogP contribution in [-0.2, 0) is 27.5 Å². The lowest BCUT2D eigenvalue weighted by atomic mass is 10.1. The van der Waals surface area contributed by atoms with Gasteiger partial charge in [0.1, 0.15) is 18.2 Å². The van der Waals surface area contributed by atoms with Crippen molar-refractivity contribution in [1.82, 2.24) is 0 Å². The molecule has 154 valence electrons. The van der Waals surface area contributed by atoms with Gasteiger partial charge in [-0.2, -0.15) is 8.78 Å². The van der Waals surface area contributed by atoms with E-state index in [2.05, 4.69) is 4.74 Å². The van der Waals surface area contributed by atoms with Gasteiger partial charge in [0.15, 0.2) is 18.3 Å². The molecule has 0 N–H and O–H groups in total. The number of esters is 1. The third-order valence-electron chi connectivity index (χ3n) is 3.94. The molecule has 0 spiro atoms. The highest BCUT2D eigenvalue weighted by molar-refractivity contribution is 5.87. The van der Waals surface area contributed by atoms with Gasteiger partial charge in [0.25, 0.3) is 0 Å². The van der Waals surface area contributed by atoms with E-state index in [9.17, 15) is 18.0 Å². The number of fused-ring (bicyclic) bond motifs is 1. The zero-order valence-electron chi connectivity index (χ0n) is 15.3. The Morgan fingerprint density at radius 3 is 2.83 bits per heavy atom. The molecule has 0 saturated heterocycles. The number of methoxy groups -OCH3 is 1. The molecule has 0 aromatic heterocycles. The molecule has 0 radical (unpaired) electrons. The van der Waals surface area contributed by atoms with Gasteiger partial charge in [-0.25, -0.2) is 9.18 Å². The molecule has 1 aliphatic rings. The number of hydrogen-bond donors (Lipinski definition) is 0. The number of halogens is 3. The lowest BCUT2D eigenvalue weighted by Gasteiger charge is -2.20. The minimum absolute atomic E-state index is 0.0343. The summed E-state index contributed by atoms with van der Waals surface area (Å²) in [5.74, 6) is -0.762. The molecule has 1 heterocycles. The summed E-state index contributed by atoms with van der Waals surface area (Å²) in [5.41, 5.74) is 1.43. The predicted octanol–water partition coefficient (Wildman–Crippen LogP) is 4.06. The van der Waals surface area contributed by atoms with E-state index in [0.29, 0.717) is 22.4 Å². The Morgan fingerprint density at radius 1 is 1.24 bits per heavy atom. The Balaban J connectivity index is 1.64. The first-order chi connectivity index (χ1) is 14.0. The van der Waals surface area contributed by atoms with Crippen LogP contribution in [0.5, 0.6) is 17.2 Å². The lowest BCUT2D eigenvalue weighted by Crippen LogP contribution is -2.14. The van der Waals surface area contributed by atoms with E-state index in [-0.39, 0.29) is 31.5 Å². The molecule has 29 heavy (non-hydrogen) atoms. The molecular formula is C20H17F3O6. The van der Waals surface area contributed by atoms with E-state index in [0.717, 1.165) is 6.08 Å². The zero-order chi connectivity index (χ0) is 20.8. The van der Waals surface area contributed by atoms with Crippen molar-refractivity contribution in [3.63, 3.8) is 0 Å². The monoisotopic (exact) mass is 410 g/mol. The third kappa shape index (κ3) is 5.41. The molecule has 0 amide bonds. The molecule has 0 atom stereocenters. The number of alkyl halides is 2. The topological polar surface area (TPSA) is 63.2 Å². The normalized spacial score (nSPS) is 13.1. The van der Waals surface area contributed by atoms with Crippen LogP contribution in [0.4, 0.5) is 13.2 Å². The van der Waals surface area contributed by atoms with Crippen molar-refractivity contribution in [2.24, 2.45) is 0 Å². The number of ether oxygens (including phenoxy) is 5. The minimum Gasteiger partial charge on any atom is -0.493 e. The molecule has 0 aliphatic carbocycles. The van der Waals surface area contributed by atoms with E-state index in [1.807, 2.05) is 0 Å². The van der Waals surface area contributed by atoms with Crippen LogP contribution < -0.4 is 14.2 Å². The van der Waals surface area contributed by atoms with Crippen LogP contribution in [0.2, 0.25) is 0 Å². The zero-order valence-corrected chi connectivity index (χ0v) is 15.3. The van der Waals surface area contributed by atoms with E-state index in [1.54, 1.807) is 0 Å². The third-order valence-corrected chi connectivity index (χ3v) is 3.94. The maximum absolute atomic E-state index is 13.7.